The molecule has 6 nitrogen and oxygen atoms in total. The van der Waals surface area contributed by atoms with Crippen LogP contribution in [-0.4, -0.2) is 32.1 Å². The summed E-state index contributed by atoms with van der Waals surface area (Å²) in [5, 5.41) is 11.8. The van der Waals surface area contributed by atoms with Gasteiger partial charge in [-0.05, 0) is 43.0 Å². The van der Waals surface area contributed by atoms with Crippen LogP contribution in [-0.2, 0) is 14.8 Å². The number of rotatable bonds is 8. The maximum Gasteiger partial charge on any atom is 0.303 e. The van der Waals surface area contributed by atoms with Gasteiger partial charge >= 0.3 is 5.97 Å². The van der Waals surface area contributed by atoms with Crippen LogP contribution < -0.4 is 10.0 Å². The normalized spacial score (nSPS) is 16.4. The van der Waals surface area contributed by atoms with Crippen LogP contribution in [0.3, 0.4) is 0 Å². The van der Waals surface area contributed by atoms with Crippen molar-refractivity contribution in [2.75, 3.05) is 11.9 Å². The fourth-order valence-electron chi connectivity index (χ4n) is 1.90. The molecule has 2 rings (SSSR count). The first kappa shape index (κ1) is 15.8. The summed E-state index contributed by atoms with van der Waals surface area (Å²) in [5.41, 5.74) is 0.776. The Morgan fingerprint density at radius 2 is 1.95 bits per heavy atom. The monoisotopic (exact) mass is 312 g/mol. The molecule has 1 aliphatic rings. The van der Waals surface area contributed by atoms with Crippen molar-refractivity contribution in [3.63, 3.8) is 0 Å². The molecule has 0 spiro atoms. The molecule has 1 fully saturated rings. The zero-order valence-corrected chi connectivity index (χ0v) is 12.7. The van der Waals surface area contributed by atoms with Gasteiger partial charge in [0, 0.05) is 24.7 Å². The highest BCUT2D eigenvalue weighted by atomic mass is 32.2. The van der Waals surface area contributed by atoms with Crippen molar-refractivity contribution in [3.05, 3.63) is 24.3 Å². The summed E-state index contributed by atoms with van der Waals surface area (Å²) in [6, 6.07) is 6.57. The lowest BCUT2D eigenvalue weighted by molar-refractivity contribution is -0.137. The van der Waals surface area contributed by atoms with Crippen molar-refractivity contribution in [2.24, 2.45) is 5.92 Å². The highest BCUT2D eigenvalue weighted by Crippen LogP contribution is 2.22. The highest BCUT2D eigenvalue weighted by molar-refractivity contribution is 7.89. The molecule has 0 bridgehead atoms. The Bertz CT molecular complexity index is 594. The lowest BCUT2D eigenvalue weighted by Crippen LogP contribution is -2.25. The molecule has 21 heavy (non-hydrogen) atoms. The van der Waals surface area contributed by atoms with E-state index in [4.69, 9.17) is 5.11 Å². The Morgan fingerprint density at radius 1 is 1.33 bits per heavy atom. The second-order valence-electron chi connectivity index (χ2n) is 5.50. The van der Waals surface area contributed by atoms with E-state index in [1.165, 1.54) is 0 Å². The quantitative estimate of drug-likeness (QED) is 0.678. The van der Waals surface area contributed by atoms with Crippen molar-refractivity contribution in [1.82, 2.24) is 4.72 Å². The van der Waals surface area contributed by atoms with Crippen molar-refractivity contribution < 1.29 is 18.3 Å². The van der Waals surface area contributed by atoms with Crippen LogP contribution in [0.2, 0.25) is 0 Å². The molecular formula is C14H20N2O4S. The molecule has 0 amide bonds. The molecule has 0 aliphatic heterocycles. The van der Waals surface area contributed by atoms with Crippen molar-refractivity contribution >= 4 is 21.7 Å². The summed E-state index contributed by atoms with van der Waals surface area (Å²) < 4.78 is 26.6. The second-order valence-corrected chi connectivity index (χ2v) is 7.22. The molecule has 1 unspecified atom stereocenters. The van der Waals surface area contributed by atoms with E-state index in [9.17, 15) is 13.2 Å². The van der Waals surface area contributed by atoms with Crippen LogP contribution >= 0.6 is 0 Å². The van der Waals surface area contributed by atoms with Gasteiger partial charge in [0.05, 0.1) is 4.90 Å². The molecule has 1 aliphatic carbocycles. The van der Waals surface area contributed by atoms with Gasteiger partial charge in [-0.2, -0.15) is 0 Å². The third-order valence-corrected chi connectivity index (χ3v) is 4.78. The topological polar surface area (TPSA) is 95.5 Å². The van der Waals surface area contributed by atoms with Crippen LogP contribution in [0, 0.1) is 5.92 Å². The Hall–Kier alpha value is -1.60. The summed E-state index contributed by atoms with van der Waals surface area (Å²) in [7, 11) is -3.42. The smallest absolute Gasteiger partial charge is 0.303 e. The first-order chi connectivity index (χ1) is 9.87. The van der Waals surface area contributed by atoms with Crippen molar-refractivity contribution in [2.45, 2.75) is 37.1 Å². The van der Waals surface area contributed by atoms with E-state index in [-0.39, 0.29) is 23.3 Å². The van der Waals surface area contributed by atoms with E-state index in [2.05, 4.69) is 10.0 Å². The molecule has 3 N–H and O–H groups in total. The van der Waals surface area contributed by atoms with Crippen LogP contribution in [0.5, 0.6) is 0 Å². The molecule has 0 heterocycles. The van der Waals surface area contributed by atoms with Gasteiger partial charge in [-0.3, -0.25) is 4.79 Å². The highest BCUT2D eigenvalue weighted by Gasteiger charge is 2.27. The predicted octanol–water partition coefficient (Wildman–Crippen LogP) is 1.65. The first-order valence-corrected chi connectivity index (χ1v) is 8.43. The number of hydrogen-bond acceptors (Lipinski definition) is 4. The number of anilines is 1. The fraction of sp³-hybridized carbons (Fsp3) is 0.500. The van der Waals surface area contributed by atoms with Crippen LogP contribution in [0.1, 0.15) is 26.2 Å². The third kappa shape index (κ3) is 5.02. The number of carbonyl (C=O) groups is 1. The molecule has 0 saturated heterocycles. The standard InChI is InChI=1S/C14H20N2O4S/c1-10(8-14(17)18)9-15-11-4-6-13(7-5-11)21(19,20)16-12-2-3-12/h4-7,10,12,15-16H,2-3,8-9H2,1H3,(H,17,18). The minimum atomic E-state index is -3.42. The molecule has 0 radical (unpaired) electrons. The third-order valence-electron chi connectivity index (χ3n) is 3.24. The molecule has 0 aromatic heterocycles. The molecular weight excluding hydrogens is 292 g/mol. The summed E-state index contributed by atoms with van der Waals surface area (Å²) in [6.07, 6.45) is 1.91. The van der Waals surface area contributed by atoms with Crippen molar-refractivity contribution in [3.8, 4) is 0 Å². The average molecular weight is 312 g/mol. The van der Waals surface area contributed by atoms with E-state index in [0.29, 0.717) is 6.54 Å². The minimum Gasteiger partial charge on any atom is -0.481 e. The second kappa shape index (κ2) is 6.44. The number of hydrogen-bond donors (Lipinski definition) is 3. The van der Waals surface area contributed by atoms with Gasteiger partial charge in [-0.25, -0.2) is 13.1 Å². The van der Waals surface area contributed by atoms with Gasteiger partial charge in [-0.15, -0.1) is 0 Å². The maximum absolute atomic E-state index is 12.0. The lowest BCUT2D eigenvalue weighted by atomic mass is 10.1. The number of carboxylic acid groups (broad SMARTS) is 1. The molecule has 1 atom stereocenters. The average Bonchev–Trinajstić information content (AvgIpc) is 3.19. The number of benzene rings is 1. The van der Waals surface area contributed by atoms with Gasteiger partial charge in [0.15, 0.2) is 0 Å². The van der Waals surface area contributed by atoms with E-state index in [0.717, 1.165) is 18.5 Å². The Morgan fingerprint density at radius 3 is 2.48 bits per heavy atom. The van der Waals surface area contributed by atoms with Gasteiger partial charge in [0.2, 0.25) is 10.0 Å². The summed E-state index contributed by atoms with van der Waals surface area (Å²) in [6.45, 7) is 2.37. The first-order valence-electron chi connectivity index (χ1n) is 6.95. The van der Waals surface area contributed by atoms with Gasteiger partial charge in [-0.1, -0.05) is 6.92 Å². The predicted molar refractivity (Wildman–Crippen MR) is 79.7 cm³/mol. The van der Waals surface area contributed by atoms with Crippen LogP contribution in [0.25, 0.3) is 0 Å². The van der Waals surface area contributed by atoms with Crippen molar-refractivity contribution in [1.29, 1.82) is 0 Å². The van der Waals surface area contributed by atoms with E-state index >= 15 is 0 Å². The molecule has 1 aromatic rings. The Kier molecular flexibility index (Phi) is 4.84. The minimum absolute atomic E-state index is 0.00226. The fourth-order valence-corrected chi connectivity index (χ4v) is 3.21. The van der Waals surface area contributed by atoms with Gasteiger partial charge in [0.25, 0.3) is 0 Å². The van der Waals surface area contributed by atoms with Crippen LogP contribution in [0.15, 0.2) is 29.2 Å². The number of carboxylic acids is 1. The molecule has 7 heteroatoms. The summed E-state index contributed by atoms with van der Waals surface area (Å²) >= 11 is 0. The summed E-state index contributed by atoms with van der Waals surface area (Å²) in [4.78, 5) is 10.8. The summed E-state index contributed by atoms with van der Waals surface area (Å²) in [5.74, 6) is -0.820. The van der Waals surface area contributed by atoms with Gasteiger partial charge < -0.3 is 10.4 Å². The lowest BCUT2D eigenvalue weighted by Gasteiger charge is -2.12. The maximum atomic E-state index is 12.0. The SMILES string of the molecule is CC(CNc1ccc(S(=O)(=O)NC2CC2)cc1)CC(=O)O. The van der Waals surface area contributed by atoms with E-state index in [1.54, 1.807) is 24.3 Å². The van der Waals surface area contributed by atoms with Gasteiger partial charge in [0.1, 0.15) is 0 Å². The number of nitrogens with one attached hydrogen (secondary N) is 2. The zero-order chi connectivity index (χ0) is 15.5. The van der Waals surface area contributed by atoms with E-state index in [1.807, 2.05) is 6.92 Å². The Balaban J connectivity index is 1.91. The number of aliphatic carboxylic acids is 1. The molecule has 116 valence electrons. The molecule has 1 saturated carbocycles. The van der Waals surface area contributed by atoms with Crippen LogP contribution in [0.4, 0.5) is 5.69 Å². The zero-order valence-electron chi connectivity index (χ0n) is 11.9. The Labute approximate surface area is 124 Å². The molecule has 1 aromatic carbocycles. The largest absolute Gasteiger partial charge is 0.481 e. The van der Waals surface area contributed by atoms with E-state index < -0.39 is 16.0 Å². The number of sulfonamides is 1.